The van der Waals surface area contributed by atoms with Crippen LogP contribution in [0.4, 0.5) is 0 Å². The van der Waals surface area contributed by atoms with Gasteiger partial charge in [0.05, 0.1) is 18.1 Å². The van der Waals surface area contributed by atoms with E-state index in [1.54, 1.807) is 13.8 Å². The van der Waals surface area contributed by atoms with E-state index in [9.17, 15) is 18.0 Å². The van der Waals surface area contributed by atoms with Gasteiger partial charge in [0.25, 0.3) is 5.91 Å². The molecule has 2 N–H and O–H groups in total. The van der Waals surface area contributed by atoms with Crippen LogP contribution in [0.25, 0.3) is 0 Å². The Bertz CT molecular complexity index is 762. The average Bonchev–Trinajstić information content (AvgIpc) is 2.82. The number of nitrogens with one attached hydrogen (secondary N) is 2. The van der Waals surface area contributed by atoms with Gasteiger partial charge in [-0.2, -0.15) is 4.72 Å². The molecule has 0 aliphatic carbocycles. The van der Waals surface area contributed by atoms with Crippen molar-refractivity contribution in [3.8, 4) is 11.5 Å². The van der Waals surface area contributed by atoms with Crippen molar-refractivity contribution in [3.05, 3.63) is 18.2 Å². The average molecular weight is 386 g/mol. The molecule has 26 heavy (non-hydrogen) atoms. The van der Waals surface area contributed by atoms with Crippen LogP contribution in [0.5, 0.6) is 11.5 Å². The van der Waals surface area contributed by atoms with Crippen molar-refractivity contribution in [2.75, 3.05) is 26.4 Å². The van der Waals surface area contributed by atoms with Crippen LogP contribution in [0.1, 0.15) is 20.3 Å². The van der Waals surface area contributed by atoms with E-state index in [0.717, 1.165) is 0 Å². The molecule has 1 aliphatic rings. The second-order valence-corrected chi connectivity index (χ2v) is 7.63. The maximum atomic E-state index is 12.3. The summed E-state index contributed by atoms with van der Waals surface area (Å²) in [5.74, 6) is -0.517. The van der Waals surface area contributed by atoms with Crippen LogP contribution in [-0.4, -0.2) is 52.7 Å². The topological polar surface area (TPSA) is 120 Å². The summed E-state index contributed by atoms with van der Waals surface area (Å²) in [6, 6.07) is 4.12. The number of hydrogen-bond donors (Lipinski definition) is 2. The lowest BCUT2D eigenvalue weighted by atomic mass is 10.3. The van der Waals surface area contributed by atoms with Gasteiger partial charge in [-0.15, -0.1) is 0 Å². The highest BCUT2D eigenvalue weighted by Gasteiger charge is 2.20. The van der Waals surface area contributed by atoms with Crippen LogP contribution >= 0.6 is 0 Å². The monoisotopic (exact) mass is 386 g/mol. The lowest BCUT2D eigenvalue weighted by Gasteiger charge is -2.11. The summed E-state index contributed by atoms with van der Waals surface area (Å²) in [7, 11) is -3.95. The third kappa shape index (κ3) is 5.88. The maximum Gasteiger partial charge on any atom is 0.321 e. The quantitative estimate of drug-likeness (QED) is 0.642. The third-order valence-electron chi connectivity index (χ3n) is 3.25. The molecular formula is C16H22N2O7S. The first-order chi connectivity index (χ1) is 12.3. The third-order valence-corrected chi connectivity index (χ3v) is 4.65. The fourth-order valence-corrected chi connectivity index (χ4v) is 3.09. The Labute approximate surface area is 152 Å². The molecule has 0 fully saturated rings. The van der Waals surface area contributed by atoms with Crippen LogP contribution in [0.15, 0.2) is 23.1 Å². The van der Waals surface area contributed by atoms with Gasteiger partial charge in [-0.1, -0.05) is 0 Å². The minimum atomic E-state index is -3.95. The van der Waals surface area contributed by atoms with E-state index in [2.05, 4.69) is 10.0 Å². The molecule has 0 unspecified atom stereocenters. The zero-order chi connectivity index (χ0) is 19.2. The van der Waals surface area contributed by atoms with Crippen LogP contribution < -0.4 is 19.5 Å². The molecule has 1 heterocycles. The molecule has 0 atom stereocenters. The van der Waals surface area contributed by atoms with Crippen molar-refractivity contribution in [3.63, 3.8) is 0 Å². The largest absolute Gasteiger partial charge is 0.490 e. The van der Waals surface area contributed by atoms with E-state index >= 15 is 0 Å². The second-order valence-electron chi connectivity index (χ2n) is 5.87. The molecule has 1 amide bonds. The number of hydrogen-bond acceptors (Lipinski definition) is 7. The first-order valence-electron chi connectivity index (χ1n) is 8.12. The number of benzene rings is 1. The number of fused-ring (bicyclic) bond motifs is 1. The molecule has 0 saturated heterocycles. The first-order valence-corrected chi connectivity index (χ1v) is 9.60. The van der Waals surface area contributed by atoms with Crippen molar-refractivity contribution in [1.29, 1.82) is 0 Å². The zero-order valence-corrected chi connectivity index (χ0v) is 15.4. The number of ether oxygens (including phenoxy) is 3. The lowest BCUT2D eigenvalue weighted by molar-refractivity contribution is -0.147. The van der Waals surface area contributed by atoms with E-state index in [4.69, 9.17) is 14.2 Å². The first kappa shape index (κ1) is 20.0. The number of carbonyl (C=O) groups excluding carboxylic acids is 2. The summed E-state index contributed by atoms with van der Waals surface area (Å²) in [4.78, 5) is 22.9. The molecule has 0 saturated carbocycles. The molecule has 0 aromatic heterocycles. The predicted octanol–water partition coefficient (Wildman–Crippen LogP) is 0.194. The molecule has 144 valence electrons. The molecule has 2 rings (SSSR count). The zero-order valence-electron chi connectivity index (χ0n) is 14.6. The molecule has 1 aliphatic heterocycles. The van der Waals surface area contributed by atoms with Gasteiger partial charge < -0.3 is 19.5 Å². The molecule has 1 aromatic rings. The van der Waals surface area contributed by atoms with Crippen molar-refractivity contribution >= 4 is 21.9 Å². The molecular weight excluding hydrogens is 364 g/mol. The highest BCUT2D eigenvalue weighted by molar-refractivity contribution is 7.89. The number of sulfonamides is 1. The van der Waals surface area contributed by atoms with Crippen molar-refractivity contribution < 1.29 is 32.2 Å². The number of carbonyl (C=O) groups is 2. The predicted molar refractivity (Wildman–Crippen MR) is 91.5 cm³/mol. The van der Waals surface area contributed by atoms with Crippen molar-refractivity contribution in [2.45, 2.75) is 31.2 Å². The molecule has 0 spiro atoms. The number of amides is 1. The van der Waals surface area contributed by atoms with Crippen molar-refractivity contribution in [2.24, 2.45) is 0 Å². The molecule has 10 heteroatoms. The van der Waals surface area contributed by atoms with E-state index < -0.39 is 35.1 Å². The van der Waals surface area contributed by atoms with Crippen LogP contribution in [0, 0.1) is 0 Å². The van der Waals surface area contributed by atoms with Gasteiger partial charge in [-0.05, 0) is 26.0 Å². The van der Waals surface area contributed by atoms with E-state index in [0.29, 0.717) is 31.1 Å². The summed E-state index contributed by atoms with van der Waals surface area (Å²) in [6.45, 7) is 3.39. The summed E-state index contributed by atoms with van der Waals surface area (Å²) < 4.78 is 42.3. The van der Waals surface area contributed by atoms with Gasteiger partial charge in [0.2, 0.25) is 10.0 Å². The SMILES string of the molecule is CC(C)NC(=O)COC(=O)CNS(=O)(=O)c1ccc2c(c1)OCCCO2. The van der Waals surface area contributed by atoms with Gasteiger partial charge in [-0.25, -0.2) is 8.42 Å². The fraction of sp³-hybridized carbons (Fsp3) is 0.500. The standard InChI is InChI=1S/C16H22N2O7S/c1-11(2)18-15(19)10-25-16(20)9-17-26(21,22)12-4-5-13-14(8-12)24-7-3-6-23-13/h4-5,8,11,17H,3,6-7,9-10H2,1-2H3,(H,18,19). The van der Waals surface area contributed by atoms with Gasteiger partial charge >= 0.3 is 5.97 Å². The van der Waals surface area contributed by atoms with Crippen LogP contribution in [-0.2, 0) is 24.3 Å². The molecule has 9 nitrogen and oxygen atoms in total. The lowest BCUT2D eigenvalue weighted by Crippen LogP contribution is -2.36. The number of rotatable bonds is 7. The van der Waals surface area contributed by atoms with Gasteiger partial charge in [0, 0.05) is 18.5 Å². The molecule has 0 bridgehead atoms. The van der Waals surface area contributed by atoms with E-state index in [1.807, 2.05) is 0 Å². The Kier molecular flexibility index (Phi) is 6.81. The summed E-state index contributed by atoms with van der Waals surface area (Å²) in [5, 5.41) is 2.55. The van der Waals surface area contributed by atoms with E-state index in [1.165, 1.54) is 18.2 Å². The van der Waals surface area contributed by atoms with E-state index in [-0.39, 0.29) is 10.9 Å². The van der Waals surface area contributed by atoms with Gasteiger partial charge in [0.15, 0.2) is 18.1 Å². The fourth-order valence-electron chi connectivity index (χ4n) is 2.11. The Morgan fingerprint density at radius 2 is 1.88 bits per heavy atom. The highest BCUT2D eigenvalue weighted by atomic mass is 32.2. The smallest absolute Gasteiger partial charge is 0.321 e. The molecule has 1 aromatic carbocycles. The number of esters is 1. The summed E-state index contributed by atoms with van der Waals surface area (Å²) in [6.07, 6.45) is 0.700. The summed E-state index contributed by atoms with van der Waals surface area (Å²) in [5.41, 5.74) is 0. The maximum absolute atomic E-state index is 12.3. The Morgan fingerprint density at radius 3 is 2.58 bits per heavy atom. The highest BCUT2D eigenvalue weighted by Crippen LogP contribution is 2.31. The normalized spacial score (nSPS) is 13.8. The van der Waals surface area contributed by atoms with Crippen LogP contribution in [0.3, 0.4) is 0 Å². The second kappa shape index (κ2) is 8.86. The van der Waals surface area contributed by atoms with Crippen LogP contribution in [0.2, 0.25) is 0 Å². The minimum Gasteiger partial charge on any atom is -0.490 e. The van der Waals surface area contributed by atoms with Gasteiger partial charge in [-0.3, -0.25) is 9.59 Å². The van der Waals surface area contributed by atoms with Gasteiger partial charge in [0.1, 0.15) is 6.54 Å². The minimum absolute atomic E-state index is 0.0629. The molecule has 0 radical (unpaired) electrons. The van der Waals surface area contributed by atoms with Crippen molar-refractivity contribution in [1.82, 2.24) is 10.0 Å². The Balaban J connectivity index is 1.91. The Hall–Kier alpha value is -2.33. The summed E-state index contributed by atoms with van der Waals surface area (Å²) >= 11 is 0. The Morgan fingerprint density at radius 1 is 1.19 bits per heavy atom.